The largest absolute Gasteiger partial charge is 0.435 e. The molecule has 3 rings (SSSR count). The maximum Gasteiger partial charge on any atom is 0.435 e. The number of hydrogen-bond donors (Lipinski definition) is 0. The molecule has 10 heteroatoms. The number of hydrogen-bond acceptors (Lipinski definition) is 5. The molecule has 0 radical (unpaired) electrons. The van der Waals surface area contributed by atoms with Gasteiger partial charge in [0.2, 0.25) is 0 Å². The minimum atomic E-state index is -4.68. The van der Waals surface area contributed by atoms with Crippen LogP contribution in [-0.4, -0.2) is 30.4 Å². The van der Waals surface area contributed by atoms with Crippen molar-refractivity contribution in [3.63, 3.8) is 0 Å². The molecule has 0 spiro atoms. The predicted molar refractivity (Wildman–Crippen MR) is 103 cm³/mol. The minimum absolute atomic E-state index is 0.0310. The van der Waals surface area contributed by atoms with E-state index in [1.54, 1.807) is 19.1 Å². The molecular formula is C20H17F3N2O4S. The minimum Gasteiger partial charge on any atom is -0.426 e. The summed E-state index contributed by atoms with van der Waals surface area (Å²) in [7, 11) is -3.46. The lowest BCUT2D eigenvalue weighted by molar-refractivity contribution is -0.141. The average Bonchev–Trinajstić information content (AvgIpc) is 3.08. The van der Waals surface area contributed by atoms with Crippen LogP contribution in [0.4, 0.5) is 13.2 Å². The van der Waals surface area contributed by atoms with Gasteiger partial charge in [-0.2, -0.15) is 18.3 Å². The zero-order valence-corrected chi connectivity index (χ0v) is 17.0. The summed E-state index contributed by atoms with van der Waals surface area (Å²) in [6.07, 6.45) is -3.65. The molecule has 0 bridgehead atoms. The number of aromatic nitrogens is 2. The van der Waals surface area contributed by atoms with Gasteiger partial charge < -0.3 is 4.74 Å². The van der Waals surface area contributed by atoms with Gasteiger partial charge in [0.15, 0.2) is 15.5 Å². The van der Waals surface area contributed by atoms with Crippen LogP contribution in [0.15, 0.2) is 53.4 Å². The number of ether oxygens (including phenoxy) is 1. The molecular weight excluding hydrogens is 421 g/mol. The van der Waals surface area contributed by atoms with Crippen LogP contribution in [0.25, 0.3) is 16.9 Å². The van der Waals surface area contributed by atoms with Crippen molar-refractivity contribution in [1.29, 1.82) is 0 Å². The van der Waals surface area contributed by atoms with Crippen LogP contribution in [0.5, 0.6) is 5.75 Å². The lowest BCUT2D eigenvalue weighted by atomic mass is 10.1. The summed E-state index contributed by atoms with van der Waals surface area (Å²) < 4.78 is 69.5. The number of rotatable bonds is 4. The van der Waals surface area contributed by atoms with Crippen molar-refractivity contribution in [2.75, 3.05) is 6.26 Å². The van der Waals surface area contributed by atoms with Crippen molar-refractivity contribution in [2.45, 2.75) is 24.9 Å². The first-order valence-corrected chi connectivity index (χ1v) is 10.5. The van der Waals surface area contributed by atoms with Gasteiger partial charge in [0, 0.05) is 18.7 Å². The second-order valence-corrected chi connectivity index (χ2v) is 8.68. The fourth-order valence-electron chi connectivity index (χ4n) is 2.78. The quantitative estimate of drug-likeness (QED) is 0.451. The highest BCUT2D eigenvalue weighted by Gasteiger charge is 2.35. The van der Waals surface area contributed by atoms with E-state index in [-0.39, 0.29) is 22.0 Å². The molecule has 0 amide bonds. The Labute approximate surface area is 170 Å². The fourth-order valence-corrected chi connectivity index (χ4v) is 3.41. The van der Waals surface area contributed by atoms with E-state index in [9.17, 15) is 26.4 Å². The van der Waals surface area contributed by atoms with Crippen molar-refractivity contribution < 1.29 is 31.1 Å². The van der Waals surface area contributed by atoms with Crippen LogP contribution >= 0.6 is 0 Å². The Morgan fingerprint density at radius 1 is 1.07 bits per heavy atom. The topological polar surface area (TPSA) is 78.3 Å². The molecule has 0 N–H and O–H groups in total. The smallest absolute Gasteiger partial charge is 0.426 e. The maximum atomic E-state index is 13.3. The van der Waals surface area contributed by atoms with Gasteiger partial charge in [0.05, 0.1) is 16.3 Å². The Bertz CT molecular complexity index is 1210. The third kappa shape index (κ3) is 4.54. The molecule has 0 aliphatic heterocycles. The summed E-state index contributed by atoms with van der Waals surface area (Å²) in [5.74, 6) is -0.343. The van der Waals surface area contributed by atoms with Crippen LogP contribution in [0.2, 0.25) is 0 Å². The molecule has 0 atom stereocenters. The van der Waals surface area contributed by atoms with E-state index in [2.05, 4.69) is 5.10 Å². The van der Waals surface area contributed by atoms with Crippen molar-refractivity contribution >= 4 is 15.8 Å². The summed E-state index contributed by atoms with van der Waals surface area (Å²) in [6.45, 7) is 2.92. The van der Waals surface area contributed by atoms with Gasteiger partial charge in [-0.05, 0) is 48.9 Å². The lowest BCUT2D eigenvalue weighted by Gasteiger charge is -2.11. The van der Waals surface area contributed by atoms with Crippen molar-refractivity contribution in [3.05, 3.63) is 59.8 Å². The Balaban J connectivity index is 2.18. The van der Waals surface area contributed by atoms with Crippen LogP contribution in [0.3, 0.4) is 0 Å². The van der Waals surface area contributed by atoms with E-state index in [0.717, 1.165) is 17.0 Å². The highest BCUT2D eigenvalue weighted by atomic mass is 32.2. The Morgan fingerprint density at radius 2 is 1.70 bits per heavy atom. The number of benzene rings is 2. The summed E-state index contributed by atoms with van der Waals surface area (Å²) in [4.78, 5) is 11.3. The number of halogens is 3. The molecule has 0 fully saturated rings. The van der Waals surface area contributed by atoms with E-state index in [1.807, 2.05) is 0 Å². The molecule has 0 aliphatic rings. The van der Waals surface area contributed by atoms with Crippen LogP contribution in [-0.2, 0) is 20.8 Å². The third-order valence-corrected chi connectivity index (χ3v) is 5.38. The molecule has 158 valence electrons. The molecule has 30 heavy (non-hydrogen) atoms. The van der Waals surface area contributed by atoms with Gasteiger partial charge in [-0.15, -0.1) is 0 Å². The monoisotopic (exact) mass is 438 g/mol. The molecule has 0 saturated heterocycles. The van der Waals surface area contributed by atoms with E-state index >= 15 is 0 Å². The summed E-state index contributed by atoms with van der Waals surface area (Å²) >= 11 is 0. The molecule has 1 heterocycles. The first kappa shape index (κ1) is 21.6. The average molecular weight is 438 g/mol. The van der Waals surface area contributed by atoms with Gasteiger partial charge in [-0.3, -0.25) is 4.79 Å². The number of sulfone groups is 1. The second kappa shape index (κ2) is 7.60. The van der Waals surface area contributed by atoms with Gasteiger partial charge in [-0.25, -0.2) is 13.1 Å². The number of esters is 1. The Morgan fingerprint density at radius 3 is 2.23 bits per heavy atom. The van der Waals surface area contributed by atoms with E-state index in [1.165, 1.54) is 37.3 Å². The SMILES string of the molecule is CC(=O)Oc1cc(-c2cc(C(F)(F)F)nn2-c2ccc(S(C)(=O)=O)cc2)ccc1C. The third-order valence-electron chi connectivity index (χ3n) is 4.25. The predicted octanol–water partition coefficient (Wildman–Crippen LogP) is 4.20. The summed E-state index contributed by atoms with van der Waals surface area (Å²) in [5, 5.41) is 3.67. The number of nitrogens with zero attached hydrogens (tertiary/aromatic N) is 2. The molecule has 1 aromatic heterocycles. The molecule has 6 nitrogen and oxygen atoms in total. The van der Waals surface area contributed by atoms with Crippen LogP contribution in [0.1, 0.15) is 18.2 Å². The normalized spacial score (nSPS) is 12.1. The van der Waals surface area contributed by atoms with Gasteiger partial charge in [0.25, 0.3) is 0 Å². The number of carbonyl (C=O) groups is 1. The standard InChI is InChI=1S/C20H17F3N2O4S/c1-12-4-5-14(10-18(12)29-13(2)26)17-11-19(20(21,22)23)24-25(17)15-6-8-16(9-7-15)30(3,27)28/h4-11H,1-3H3. The Hall–Kier alpha value is -3.14. The number of aryl methyl sites for hydroxylation is 1. The molecule has 0 aliphatic carbocycles. The highest BCUT2D eigenvalue weighted by Crippen LogP contribution is 2.35. The zero-order valence-electron chi connectivity index (χ0n) is 16.2. The molecule has 0 unspecified atom stereocenters. The maximum absolute atomic E-state index is 13.3. The zero-order chi connectivity index (χ0) is 22.3. The molecule has 2 aromatic carbocycles. The first-order valence-electron chi connectivity index (χ1n) is 8.63. The second-order valence-electron chi connectivity index (χ2n) is 6.66. The highest BCUT2D eigenvalue weighted by molar-refractivity contribution is 7.90. The molecule has 3 aromatic rings. The van der Waals surface area contributed by atoms with Crippen molar-refractivity contribution in [2.24, 2.45) is 0 Å². The first-order chi connectivity index (χ1) is 13.9. The van der Waals surface area contributed by atoms with Crippen LogP contribution < -0.4 is 4.74 Å². The molecule has 0 saturated carbocycles. The number of alkyl halides is 3. The van der Waals surface area contributed by atoms with Crippen LogP contribution in [0, 0.1) is 6.92 Å². The van der Waals surface area contributed by atoms with Gasteiger partial charge in [-0.1, -0.05) is 12.1 Å². The van der Waals surface area contributed by atoms with Gasteiger partial charge in [0.1, 0.15) is 5.75 Å². The lowest BCUT2D eigenvalue weighted by Crippen LogP contribution is -2.07. The van der Waals surface area contributed by atoms with E-state index in [0.29, 0.717) is 11.1 Å². The van der Waals surface area contributed by atoms with Crippen molar-refractivity contribution in [3.8, 4) is 22.7 Å². The Kier molecular flexibility index (Phi) is 5.46. The van der Waals surface area contributed by atoms with E-state index < -0.39 is 27.7 Å². The van der Waals surface area contributed by atoms with E-state index in [4.69, 9.17) is 4.74 Å². The van der Waals surface area contributed by atoms with Gasteiger partial charge >= 0.3 is 12.1 Å². The number of carbonyl (C=O) groups excluding carboxylic acids is 1. The summed E-state index contributed by atoms with van der Waals surface area (Å²) in [5.41, 5.74) is 0.199. The summed E-state index contributed by atoms with van der Waals surface area (Å²) in [6, 6.07) is 10.9. The fraction of sp³-hybridized carbons (Fsp3) is 0.200. The van der Waals surface area contributed by atoms with Crippen molar-refractivity contribution in [1.82, 2.24) is 9.78 Å².